The van der Waals surface area contributed by atoms with E-state index < -0.39 is 0 Å². The van der Waals surface area contributed by atoms with Crippen LogP contribution in [0.5, 0.6) is 5.75 Å². The highest BCUT2D eigenvalue weighted by Gasteiger charge is 2.15. The van der Waals surface area contributed by atoms with E-state index in [1.165, 1.54) is 43.7 Å². The average Bonchev–Trinajstić information content (AvgIpc) is 2.86. The van der Waals surface area contributed by atoms with Gasteiger partial charge in [0.2, 0.25) is 5.56 Å². The van der Waals surface area contributed by atoms with Gasteiger partial charge in [-0.25, -0.2) is 0 Å². The van der Waals surface area contributed by atoms with Crippen molar-refractivity contribution in [2.24, 2.45) is 0 Å². The van der Waals surface area contributed by atoms with Crippen molar-refractivity contribution in [3.8, 4) is 5.75 Å². The van der Waals surface area contributed by atoms with Gasteiger partial charge in [-0.05, 0) is 75.2 Å². The van der Waals surface area contributed by atoms with Crippen molar-refractivity contribution >= 4 is 10.9 Å². The zero-order chi connectivity index (χ0) is 24.5. The van der Waals surface area contributed by atoms with Crippen LogP contribution >= 0.6 is 0 Å². The Bertz CT molecular complexity index is 1120. The highest BCUT2D eigenvalue weighted by atomic mass is 16.5. The predicted molar refractivity (Wildman–Crippen MR) is 144 cm³/mol. The lowest BCUT2D eigenvalue weighted by Gasteiger charge is -2.34. The number of H-pyrrole nitrogens is 1. The predicted octanol–water partition coefficient (Wildman–Crippen LogP) is 4.14. The van der Waals surface area contributed by atoms with E-state index in [2.05, 4.69) is 57.9 Å². The number of nitrogens with zero attached hydrogens (tertiary/aromatic N) is 3. The van der Waals surface area contributed by atoms with Crippen LogP contribution in [0, 0.1) is 6.92 Å². The number of ether oxygens (including phenoxy) is 1. The van der Waals surface area contributed by atoms with Crippen LogP contribution in [-0.2, 0) is 6.54 Å². The van der Waals surface area contributed by atoms with Crippen molar-refractivity contribution in [1.29, 1.82) is 0 Å². The van der Waals surface area contributed by atoms with Gasteiger partial charge in [0.1, 0.15) is 5.75 Å². The average molecular weight is 477 g/mol. The topological polar surface area (TPSA) is 51.8 Å². The fraction of sp³-hybridized carbons (Fsp3) is 0.483. The molecular formula is C29H40N4O2. The Hall–Kier alpha value is -2.67. The van der Waals surface area contributed by atoms with Crippen LogP contribution < -0.4 is 10.3 Å². The van der Waals surface area contributed by atoms with Crippen molar-refractivity contribution in [1.82, 2.24) is 19.7 Å². The molecule has 2 heterocycles. The minimum Gasteiger partial charge on any atom is -0.494 e. The Kier molecular flexibility index (Phi) is 9.35. The molecule has 6 nitrogen and oxygen atoms in total. The first-order valence-corrected chi connectivity index (χ1v) is 13.0. The first-order valence-electron chi connectivity index (χ1n) is 13.0. The molecule has 1 fully saturated rings. The second-order valence-electron chi connectivity index (χ2n) is 9.83. The Labute approximate surface area is 209 Å². The molecule has 1 aromatic heterocycles. The molecule has 1 saturated heterocycles. The fourth-order valence-corrected chi connectivity index (χ4v) is 4.68. The number of rotatable bonds is 12. The summed E-state index contributed by atoms with van der Waals surface area (Å²) in [4.78, 5) is 21.9. The summed E-state index contributed by atoms with van der Waals surface area (Å²) >= 11 is 0. The third-order valence-electron chi connectivity index (χ3n) is 7.07. The summed E-state index contributed by atoms with van der Waals surface area (Å²) in [7, 11) is 2.22. The van der Waals surface area contributed by atoms with Crippen LogP contribution in [0.3, 0.4) is 0 Å². The quantitative estimate of drug-likeness (QED) is 0.398. The molecule has 0 bridgehead atoms. The van der Waals surface area contributed by atoms with E-state index in [0.29, 0.717) is 6.61 Å². The van der Waals surface area contributed by atoms with E-state index in [1.54, 1.807) is 6.07 Å². The molecule has 0 saturated carbocycles. The number of aromatic nitrogens is 1. The minimum atomic E-state index is -0.0776. The smallest absolute Gasteiger partial charge is 0.248 e. The van der Waals surface area contributed by atoms with Crippen LogP contribution in [0.15, 0.2) is 59.4 Å². The van der Waals surface area contributed by atoms with E-state index in [0.717, 1.165) is 55.7 Å². The largest absolute Gasteiger partial charge is 0.494 e. The second-order valence-corrected chi connectivity index (χ2v) is 9.83. The lowest BCUT2D eigenvalue weighted by molar-refractivity contribution is 0.132. The Morgan fingerprint density at radius 2 is 1.77 bits per heavy atom. The highest BCUT2D eigenvalue weighted by molar-refractivity contribution is 5.79. The number of benzene rings is 2. The summed E-state index contributed by atoms with van der Waals surface area (Å²) < 4.78 is 5.98. The number of piperazine rings is 1. The molecule has 0 aliphatic carbocycles. The van der Waals surface area contributed by atoms with E-state index in [-0.39, 0.29) is 5.56 Å². The van der Waals surface area contributed by atoms with E-state index in [1.807, 2.05) is 24.3 Å². The van der Waals surface area contributed by atoms with Gasteiger partial charge in [-0.15, -0.1) is 0 Å². The van der Waals surface area contributed by atoms with Crippen molar-refractivity contribution in [3.05, 3.63) is 76.1 Å². The normalized spacial score (nSPS) is 15.2. The van der Waals surface area contributed by atoms with Gasteiger partial charge in [0.15, 0.2) is 0 Å². The van der Waals surface area contributed by atoms with Gasteiger partial charge in [-0.3, -0.25) is 14.6 Å². The summed E-state index contributed by atoms with van der Waals surface area (Å²) in [6, 6.07) is 18.0. The zero-order valence-corrected chi connectivity index (χ0v) is 21.3. The minimum absolute atomic E-state index is 0.0776. The molecule has 1 aliphatic rings. The van der Waals surface area contributed by atoms with E-state index in [4.69, 9.17) is 4.74 Å². The number of pyridine rings is 1. The van der Waals surface area contributed by atoms with Crippen LogP contribution in [0.4, 0.5) is 0 Å². The Morgan fingerprint density at radius 1 is 0.943 bits per heavy atom. The van der Waals surface area contributed by atoms with Gasteiger partial charge in [-0.2, -0.15) is 0 Å². The van der Waals surface area contributed by atoms with Crippen LogP contribution in [0.2, 0.25) is 0 Å². The summed E-state index contributed by atoms with van der Waals surface area (Å²) in [5.41, 5.74) is 3.58. The number of aromatic amines is 1. The van der Waals surface area contributed by atoms with Crippen LogP contribution in [-0.4, -0.2) is 79.2 Å². The molecule has 0 radical (unpaired) electrons. The SMILES string of the molecule is Cc1ccccc1CN(CCCCCOc1ccc2[nH]c(=O)ccc2c1)CCN1CCN(C)CC1. The lowest BCUT2D eigenvalue weighted by atomic mass is 10.1. The molecule has 0 spiro atoms. The molecule has 4 rings (SSSR count). The molecule has 0 atom stereocenters. The standard InChI is InChI=1S/C29H40N4O2/c1-24-8-4-5-9-26(24)23-33(20-19-32-17-15-31(2)16-18-32)14-6-3-7-21-35-27-11-12-28-25(22-27)10-13-29(34)30-28/h4-5,8-13,22H,3,6-7,14-21,23H2,1-2H3,(H,30,34). The highest BCUT2D eigenvalue weighted by Crippen LogP contribution is 2.19. The number of unbranched alkanes of at least 4 members (excludes halogenated alkanes) is 2. The van der Waals surface area contributed by atoms with Gasteiger partial charge in [0, 0.05) is 62.8 Å². The van der Waals surface area contributed by atoms with Gasteiger partial charge in [-0.1, -0.05) is 24.3 Å². The number of aryl methyl sites for hydroxylation is 1. The molecule has 188 valence electrons. The van der Waals surface area contributed by atoms with Gasteiger partial charge in [0.05, 0.1) is 6.61 Å². The van der Waals surface area contributed by atoms with Gasteiger partial charge in [0.25, 0.3) is 0 Å². The fourth-order valence-electron chi connectivity index (χ4n) is 4.68. The molecule has 2 aromatic carbocycles. The molecular weight excluding hydrogens is 436 g/mol. The van der Waals surface area contributed by atoms with E-state index in [9.17, 15) is 4.79 Å². The maximum atomic E-state index is 11.4. The Balaban J connectivity index is 1.21. The van der Waals surface area contributed by atoms with E-state index >= 15 is 0 Å². The third kappa shape index (κ3) is 7.92. The summed E-state index contributed by atoms with van der Waals surface area (Å²) in [5, 5.41) is 0.995. The number of nitrogens with one attached hydrogen (secondary N) is 1. The number of hydrogen-bond acceptors (Lipinski definition) is 5. The molecule has 3 aromatic rings. The van der Waals surface area contributed by atoms with Crippen LogP contribution in [0.25, 0.3) is 10.9 Å². The molecule has 0 amide bonds. The number of likely N-dealkylation sites (N-methyl/N-ethyl adjacent to an activating group) is 1. The zero-order valence-electron chi connectivity index (χ0n) is 21.3. The summed E-state index contributed by atoms with van der Waals surface area (Å²) in [6.45, 7) is 12.0. The second kappa shape index (κ2) is 12.9. The van der Waals surface area contributed by atoms with Crippen molar-refractivity contribution in [2.75, 3.05) is 59.5 Å². The summed E-state index contributed by atoms with van der Waals surface area (Å²) in [5.74, 6) is 0.859. The molecule has 0 unspecified atom stereocenters. The maximum absolute atomic E-state index is 11.4. The monoisotopic (exact) mass is 476 g/mol. The number of hydrogen-bond donors (Lipinski definition) is 1. The van der Waals surface area contributed by atoms with Crippen LogP contribution in [0.1, 0.15) is 30.4 Å². The number of fused-ring (bicyclic) bond motifs is 1. The van der Waals surface area contributed by atoms with Crippen molar-refractivity contribution in [3.63, 3.8) is 0 Å². The first kappa shape index (κ1) is 25.4. The summed E-state index contributed by atoms with van der Waals surface area (Å²) in [6.07, 6.45) is 3.37. The third-order valence-corrected chi connectivity index (χ3v) is 7.07. The molecule has 35 heavy (non-hydrogen) atoms. The van der Waals surface area contributed by atoms with Gasteiger partial charge < -0.3 is 14.6 Å². The Morgan fingerprint density at radius 3 is 2.60 bits per heavy atom. The molecule has 1 N–H and O–H groups in total. The van der Waals surface area contributed by atoms with Crippen molar-refractivity contribution < 1.29 is 4.74 Å². The molecule has 6 heteroatoms. The first-order chi connectivity index (χ1) is 17.1. The lowest BCUT2D eigenvalue weighted by Crippen LogP contribution is -2.47. The van der Waals surface area contributed by atoms with Crippen molar-refractivity contribution in [2.45, 2.75) is 32.7 Å². The molecule has 1 aliphatic heterocycles. The maximum Gasteiger partial charge on any atom is 0.248 e. The van der Waals surface area contributed by atoms with Gasteiger partial charge >= 0.3 is 0 Å².